The molecule has 0 spiro atoms. The lowest BCUT2D eigenvalue weighted by Crippen LogP contribution is -2.53. The van der Waals surface area contributed by atoms with Crippen molar-refractivity contribution in [3.05, 3.63) is 70.8 Å². The number of rotatable bonds is 32. The van der Waals surface area contributed by atoms with Gasteiger partial charge >= 0.3 is 6.09 Å². The van der Waals surface area contributed by atoms with Gasteiger partial charge in [0.1, 0.15) is 11.6 Å². The number of alkyl carbamates (subject to hydrolysis) is 1. The minimum Gasteiger partial charge on any atom is -0.444 e. The number of nitrogens with one attached hydrogen (secondary N) is 3. The largest absolute Gasteiger partial charge is 0.444 e. The smallest absolute Gasteiger partial charge is 0.408 e. The second kappa shape index (κ2) is 30.4. The number of carbonyl (C=O) groups is 4. The van der Waals surface area contributed by atoms with E-state index in [-0.39, 0.29) is 24.1 Å². The molecule has 0 aromatic heterocycles. The SMILES string of the molecule is CCCCCCCCCCCCCCCCNC(=O)[C@H](CNC(=O)CCCCCc1ccc(C(=O)c2ccc(CCCCCC)cc2)cc1)NC(=O)OC(C)(C)C. The van der Waals surface area contributed by atoms with E-state index >= 15 is 0 Å². The van der Waals surface area contributed by atoms with Gasteiger partial charge < -0.3 is 20.7 Å². The van der Waals surface area contributed by atoms with Gasteiger partial charge in [0, 0.05) is 30.6 Å². The Morgan fingerprint density at radius 3 is 1.42 bits per heavy atom. The summed E-state index contributed by atoms with van der Waals surface area (Å²) in [5, 5.41) is 8.43. The summed E-state index contributed by atoms with van der Waals surface area (Å²) < 4.78 is 5.38. The molecule has 8 heteroatoms. The molecule has 3 N–H and O–H groups in total. The topological polar surface area (TPSA) is 114 Å². The zero-order chi connectivity index (χ0) is 41.6. The van der Waals surface area contributed by atoms with Gasteiger partial charge in [-0.15, -0.1) is 0 Å². The molecular weight excluding hydrogens is 711 g/mol. The molecule has 0 fully saturated rings. The van der Waals surface area contributed by atoms with Crippen LogP contribution in [0, 0.1) is 0 Å². The summed E-state index contributed by atoms with van der Waals surface area (Å²) in [4.78, 5) is 51.3. The lowest BCUT2D eigenvalue weighted by atomic mass is 9.98. The number of ether oxygens (including phenoxy) is 1. The van der Waals surface area contributed by atoms with Crippen LogP contribution in [-0.2, 0) is 27.2 Å². The van der Waals surface area contributed by atoms with Crippen LogP contribution in [0.3, 0.4) is 0 Å². The molecule has 0 bridgehead atoms. The van der Waals surface area contributed by atoms with Crippen LogP contribution in [0.4, 0.5) is 4.79 Å². The highest BCUT2D eigenvalue weighted by Gasteiger charge is 2.24. The third-order valence-corrected chi connectivity index (χ3v) is 10.5. The molecule has 2 aromatic carbocycles. The van der Waals surface area contributed by atoms with Crippen LogP contribution < -0.4 is 16.0 Å². The maximum atomic E-state index is 13.1. The van der Waals surface area contributed by atoms with Crippen molar-refractivity contribution in [2.75, 3.05) is 13.1 Å². The Hall–Kier alpha value is -3.68. The molecule has 57 heavy (non-hydrogen) atoms. The number of amides is 3. The van der Waals surface area contributed by atoms with Crippen LogP contribution in [0.15, 0.2) is 48.5 Å². The predicted octanol–water partition coefficient (Wildman–Crippen LogP) is 11.8. The van der Waals surface area contributed by atoms with Gasteiger partial charge in [0.2, 0.25) is 11.8 Å². The van der Waals surface area contributed by atoms with Crippen LogP contribution in [0.25, 0.3) is 0 Å². The zero-order valence-electron chi connectivity index (χ0n) is 36.6. The van der Waals surface area contributed by atoms with Crippen molar-refractivity contribution in [1.29, 1.82) is 0 Å². The minimum atomic E-state index is -0.926. The fourth-order valence-electron chi connectivity index (χ4n) is 6.98. The highest BCUT2D eigenvalue weighted by atomic mass is 16.6. The number of benzene rings is 2. The van der Waals surface area contributed by atoms with E-state index in [1.807, 2.05) is 36.4 Å². The molecule has 0 unspecified atom stereocenters. The first-order valence-corrected chi connectivity index (χ1v) is 22.8. The fraction of sp³-hybridized carbons (Fsp3) is 0.673. The molecule has 2 rings (SSSR count). The summed E-state index contributed by atoms with van der Waals surface area (Å²) in [5.41, 5.74) is 3.14. The van der Waals surface area contributed by atoms with Gasteiger partial charge in [-0.1, -0.05) is 172 Å². The highest BCUT2D eigenvalue weighted by Crippen LogP contribution is 2.17. The molecule has 2 aromatic rings. The maximum absolute atomic E-state index is 13.1. The first-order valence-electron chi connectivity index (χ1n) is 22.8. The summed E-state index contributed by atoms with van der Waals surface area (Å²) in [6.45, 7) is 10.3. The number of hydrogen-bond acceptors (Lipinski definition) is 5. The van der Waals surface area contributed by atoms with E-state index in [1.54, 1.807) is 20.8 Å². The van der Waals surface area contributed by atoms with Crippen molar-refractivity contribution in [2.45, 2.75) is 200 Å². The number of aryl methyl sites for hydroxylation is 2. The second-order valence-electron chi connectivity index (χ2n) is 17.0. The van der Waals surface area contributed by atoms with Crippen LogP contribution in [0.1, 0.15) is 203 Å². The standard InChI is InChI=1S/C49H79N3O5/c1-6-8-10-12-13-14-15-16-17-18-19-20-21-26-38-50-47(55)44(52-48(56)57-49(3,4)5)39-51-45(53)29-25-22-24-28-41-32-36-43(37-33-41)46(54)42-34-30-40(31-35-42)27-23-11-9-7-2/h30-37,44H,6-29,38-39H2,1-5H3,(H,50,55)(H,51,53)(H,52,56)/t44-/m0/s1. The molecule has 0 radical (unpaired) electrons. The van der Waals surface area contributed by atoms with Gasteiger partial charge in [-0.05, 0) is 70.4 Å². The normalized spacial score (nSPS) is 11.9. The molecule has 8 nitrogen and oxygen atoms in total. The number of unbranched alkanes of at least 4 members (excludes halogenated alkanes) is 18. The summed E-state index contributed by atoms with van der Waals surface area (Å²) in [6, 6.07) is 15.0. The van der Waals surface area contributed by atoms with E-state index in [0.29, 0.717) is 30.5 Å². The Balaban J connectivity index is 1.65. The first kappa shape index (κ1) is 49.5. The van der Waals surface area contributed by atoms with Crippen molar-refractivity contribution in [3.8, 4) is 0 Å². The van der Waals surface area contributed by atoms with Gasteiger partial charge in [-0.25, -0.2) is 4.79 Å². The molecule has 320 valence electrons. The summed E-state index contributed by atoms with van der Waals surface area (Å²) >= 11 is 0. The predicted molar refractivity (Wildman–Crippen MR) is 236 cm³/mol. The number of hydrogen-bond donors (Lipinski definition) is 3. The van der Waals surface area contributed by atoms with Crippen molar-refractivity contribution in [1.82, 2.24) is 16.0 Å². The van der Waals surface area contributed by atoms with Crippen LogP contribution in [-0.4, -0.2) is 48.4 Å². The summed E-state index contributed by atoms with van der Waals surface area (Å²) in [6.07, 6.45) is 26.8. The third kappa shape index (κ3) is 24.6. The monoisotopic (exact) mass is 790 g/mol. The van der Waals surface area contributed by atoms with E-state index in [1.165, 1.54) is 102 Å². The first-order chi connectivity index (χ1) is 27.5. The van der Waals surface area contributed by atoms with E-state index in [9.17, 15) is 19.2 Å². The summed E-state index contributed by atoms with van der Waals surface area (Å²) in [5.74, 6) is -0.441. The molecular formula is C49H79N3O5. The average molecular weight is 790 g/mol. The Morgan fingerprint density at radius 1 is 0.544 bits per heavy atom. The molecule has 0 saturated carbocycles. The van der Waals surface area contributed by atoms with Gasteiger partial charge in [-0.2, -0.15) is 0 Å². The van der Waals surface area contributed by atoms with Gasteiger partial charge in [0.25, 0.3) is 0 Å². The molecule has 0 heterocycles. The highest BCUT2D eigenvalue weighted by molar-refractivity contribution is 6.09. The van der Waals surface area contributed by atoms with Gasteiger partial charge in [0.15, 0.2) is 5.78 Å². The Kier molecular flexibility index (Phi) is 26.4. The Morgan fingerprint density at radius 2 is 0.965 bits per heavy atom. The fourth-order valence-corrected chi connectivity index (χ4v) is 6.98. The molecule has 3 amide bonds. The molecule has 1 atom stereocenters. The third-order valence-electron chi connectivity index (χ3n) is 10.5. The van der Waals surface area contributed by atoms with Crippen molar-refractivity contribution in [3.63, 3.8) is 0 Å². The Bertz CT molecular complexity index is 1380. The van der Waals surface area contributed by atoms with Crippen LogP contribution in [0.5, 0.6) is 0 Å². The van der Waals surface area contributed by atoms with Gasteiger partial charge in [-0.3, -0.25) is 14.4 Å². The van der Waals surface area contributed by atoms with Crippen LogP contribution >= 0.6 is 0 Å². The van der Waals surface area contributed by atoms with Crippen molar-refractivity contribution < 1.29 is 23.9 Å². The van der Waals surface area contributed by atoms with Crippen molar-refractivity contribution >= 4 is 23.7 Å². The van der Waals surface area contributed by atoms with E-state index in [0.717, 1.165) is 50.5 Å². The molecule has 0 saturated heterocycles. The number of carbonyl (C=O) groups excluding carboxylic acids is 4. The second-order valence-corrected chi connectivity index (χ2v) is 17.0. The maximum Gasteiger partial charge on any atom is 0.408 e. The lowest BCUT2D eigenvalue weighted by molar-refractivity contribution is -0.124. The zero-order valence-corrected chi connectivity index (χ0v) is 36.6. The Labute approximate surface area is 346 Å². The van der Waals surface area contributed by atoms with E-state index < -0.39 is 17.7 Å². The van der Waals surface area contributed by atoms with E-state index in [2.05, 4.69) is 41.9 Å². The molecule has 0 aliphatic heterocycles. The summed E-state index contributed by atoms with van der Waals surface area (Å²) in [7, 11) is 0. The molecule has 0 aliphatic rings. The average Bonchev–Trinajstić information content (AvgIpc) is 3.19. The van der Waals surface area contributed by atoms with Gasteiger partial charge in [0.05, 0.1) is 0 Å². The number of ketones is 1. The van der Waals surface area contributed by atoms with E-state index in [4.69, 9.17) is 4.74 Å². The van der Waals surface area contributed by atoms with Crippen molar-refractivity contribution in [2.24, 2.45) is 0 Å². The quantitative estimate of drug-likeness (QED) is 0.0504. The van der Waals surface area contributed by atoms with Crippen LogP contribution in [0.2, 0.25) is 0 Å². The lowest BCUT2D eigenvalue weighted by Gasteiger charge is -2.23. The molecule has 0 aliphatic carbocycles. The minimum absolute atomic E-state index is 0.00307.